The van der Waals surface area contributed by atoms with Crippen LogP contribution in [0.4, 0.5) is 17.2 Å². The number of H-pyrrole nitrogens is 1. The molecule has 0 aliphatic heterocycles. The Balaban J connectivity index is 2.24. The molecular formula is C12H13N3O2. The highest BCUT2D eigenvalue weighted by atomic mass is 16.5. The quantitative estimate of drug-likeness (QED) is 0.751. The van der Waals surface area contributed by atoms with Crippen molar-refractivity contribution in [3.63, 3.8) is 0 Å². The zero-order chi connectivity index (χ0) is 12.3. The van der Waals surface area contributed by atoms with Gasteiger partial charge in [0.1, 0.15) is 11.6 Å². The van der Waals surface area contributed by atoms with Crippen LogP contribution in [-0.2, 0) is 0 Å². The molecule has 17 heavy (non-hydrogen) atoms. The maximum Gasteiger partial charge on any atom is 0.249 e. The van der Waals surface area contributed by atoms with Gasteiger partial charge < -0.3 is 20.8 Å². The van der Waals surface area contributed by atoms with Crippen molar-refractivity contribution >= 4 is 17.2 Å². The summed E-state index contributed by atoms with van der Waals surface area (Å²) < 4.78 is 5.05. The topological polar surface area (TPSA) is 80.1 Å². The zero-order valence-corrected chi connectivity index (χ0v) is 9.36. The van der Waals surface area contributed by atoms with Crippen molar-refractivity contribution in [2.24, 2.45) is 0 Å². The first-order valence-electron chi connectivity index (χ1n) is 5.09. The maximum atomic E-state index is 11.2. The largest absolute Gasteiger partial charge is 0.497 e. The lowest BCUT2D eigenvalue weighted by Gasteiger charge is -2.09. The number of benzene rings is 1. The lowest BCUT2D eigenvalue weighted by atomic mass is 10.3. The third-order valence-corrected chi connectivity index (χ3v) is 2.31. The molecule has 0 saturated carbocycles. The Bertz CT molecular complexity index is 561. The van der Waals surface area contributed by atoms with Gasteiger partial charge in [0.15, 0.2) is 0 Å². The number of nitrogens with one attached hydrogen (secondary N) is 2. The van der Waals surface area contributed by atoms with E-state index < -0.39 is 0 Å². The van der Waals surface area contributed by atoms with Crippen LogP contribution in [0.15, 0.2) is 41.2 Å². The van der Waals surface area contributed by atoms with E-state index >= 15 is 0 Å². The van der Waals surface area contributed by atoms with Crippen molar-refractivity contribution < 1.29 is 4.74 Å². The molecule has 2 aromatic rings. The van der Waals surface area contributed by atoms with E-state index in [9.17, 15) is 4.79 Å². The number of hydrogen-bond donors (Lipinski definition) is 3. The summed E-state index contributed by atoms with van der Waals surface area (Å²) in [6.07, 6.45) is 0. The zero-order valence-electron chi connectivity index (χ0n) is 9.36. The Morgan fingerprint density at radius 1 is 1.18 bits per heavy atom. The van der Waals surface area contributed by atoms with Crippen molar-refractivity contribution in [2.75, 3.05) is 18.2 Å². The minimum absolute atomic E-state index is 0.199. The molecule has 1 heterocycles. The molecule has 1 aromatic heterocycles. The highest BCUT2D eigenvalue weighted by molar-refractivity contribution is 5.68. The molecule has 0 bridgehead atoms. The van der Waals surface area contributed by atoms with Crippen molar-refractivity contribution in [1.82, 2.24) is 4.98 Å². The molecule has 0 spiro atoms. The van der Waals surface area contributed by atoms with Crippen molar-refractivity contribution in [3.8, 4) is 5.75 Å². The predicted octanol–water partition coefficient (Wildman–Crippen LogP) is 1.71. The molecule has 0 fully saturated rings. The van der Waals surface area contributed by atoms with Crippen LogP contribution in [0.1, 0.15) is 0 Å². The summed E-state index contributed by atoms with van der Waals surface area (Å²) in [6, 6.07) is 10.3. The predicted molar refractivity (Wildman–Crippen MR) is 67.8 cm³/mol. The van der Waals surface area contributed by atoms with Gasteiger partial charge in [-0.1, -0.05) is 0 Å². The number of ether oxygens (including phenoxy) is 1. The van der Waals surface area contributed by atoms with Crippen LogP contribution in [0.2, 0.25) is 0 Å². The smallest absolute Gasteiger partial charge is 0.249 e. The number of pyridine rings is 1. The van der Waals surface area contributed by atoms with Crippen LogP contribution in [0.25, 0.3) is 0 Å². The average Bonchev–Trinajstić information content (AvgIpc) is 2.35. The fourth-order valence-corrected chi connectivity index (χ4v) is 1.41. The van der Waals surface area contributed by atoms with Gasteiger partial charge in [0.2, 0.25) is 5.56 Å². The Morgan fingerprint density at radius 3 is 2.53 bits per heavy atom. The second-order valence-corrected chi connectivity index (χ2v) is 3.51. The Labute approximate surface area is 98.2 Å². The molecule has 88 valence electrons. The molecule has 2 rings (SSSR count). The van der Waals surface area contributed by atoms with Crippen LogP contribution in [0.5, 0.6) is 5.75 Å². The molecule has 5 nitrogen and oxygen atoms in total. The summed E-state index contributed by atoms with van der Waals surface area (Å²) in [5, 5.41) is 3.03. The Kier molecular flexibility index (Phi) is 3.00. The van der Waals surface area contributed by atoms with E-state index in [0.29, 0.717) is 11.5 Å². The number of nitrogens with two attached hydrogens (primary N) is 1. The molecule has 5 heteroatoms. The molecule has 0 unspecified atom stereocenters. The number of anilines is 3. The van der Waals surface area contributed by atoms with Gasteiger partial charge in [-0.05, 0) is 30.3 Å². The summed E-state index contributed by atoms with van der Waals surface area (Å²) in [7, 11) is 1.61. The summed E-state index contributed by atoms with van der Waals surface area (Å²) in [5.41, 5.74) is 6.84. The van der Waals surface area contributed by atoms with Crippen LogP contribution in [0, 0.1) is 0 Å². The second-order valence-electron chi connectivity index (χ2n) is 3.51. The maximum absolute atomic E-state index is 11.2. The summed E-state index contributed by atoms with van der Waals surface area (Å²) in [4.78, 5) is 13.8. The molecule has 0 aliphatic rings. The van der Waals surface area contributed by atoms with E-state index in [1.807, 2.05) is 24.3 Å². The number of rotatable bonds is 3. The molecule has 0 aliphatic carbocycles. The molecule has 0 amide bonds. The van der Waals surface area contributed by atoms with Gasteiger partial charge in [-0.3, -0.25) is 4.79 Å². The van der Waals surface area contributed by atoms with Crippen molar-refractivity contribution in [2.45, 2.75) is 0 Å². The highest BCUT2D eigenvalue weighted by Gasteiger charge is 2.00. The van der Waals surface area contributed by atoms with Crippen LogP contribution in [-0.4, -0.2) is 12.1 Å². The van der Waals surface area contributed by atoms with Gasteiger partial charge in [0.05, 0.1) is 12.8 Å². The van der Waals surface area contributed by atoms with E-state index in [1.54, 1.807) is 13.2 Å². The second kappa shape index (κ2) is 4.61. The monoisotopic (exact) mass is 231 g/mol. The summed E-state index contributed by atoms with van der Waals surface area (Å²) in [5.74, 6) is 1.26. The third-order valence-electron chi connectivity index (χ3n) is 2.31. The molecule has 1 aromatic carbocycles. The number of methoxy groups -OCH3 is 1. The summed E-state index contributed by atoms with van der Waals surface area (Å²) in [6.45, 7) is 0. The number of aromatic amines is 1. The van der Waals surface area contributed by atoms with Crippen molar-refractivity contribution in [3.05, 3.63) is 46.8 Å². The molecule has 0 saturated heterocycles. The lowest BCUT2D eigenvalue weighted by molar-refractivity contribution is 0.415. The first kappa shape index (κ1) is 11.1. The lowest BCUT2D eigenvalue weighted by Crippen LogP contribution is -2.09. The van der Waals surface area contributed by atoms with E-state index in [4.69, 9.17) is 10.5 Å². The van der Waals surface area contributed by atoms with Crippen LogP contribution in [0.3, 0.4) is 0 Å². The van der Waals surface area contributed by atoms with Crippen molar-refractivity contribution in [1.29, 1.82) is 0 Å². The number of hydrogen-bond acceptors (Lipinski definition) is 4. The average molecular weight is 231 g/mol. The SMILES string of the molecule is COc1ccc(Nc2[nH]c(=O)ccc2N)cc1. The third kappa shape index (κ3) is 2.57. The van der Waals surface area contributed by atoms with E-state index in [2.05, 4.69) is 10.3 Å². The first-order chi connectivity index (χ1) is 8.19. The molecular weight excluding hydrogens is 218 g/mol. The fourth-order valence-electron chi connectivity index (χ4n) is 1.41. The van der Waals surface area contributed by atoms with Crippen LogP contribution >= 0.6 is 0 Å². The molecule has 0 atom stereocenters. The molecule has 0 radical (unpaired) electrons. The highest BCUT2D eigenvalue weighted by Crippen LogP contribution is 2.21. The van der Waals surface area contributed by atoms with Gasteiger partial charge in [-0.15, -0.1) is 0 Å². The van der Waals surface area contributed by atoms with E-state index in [-0.39, 0.29) is 5.56 Å². The van der Waals surface area contributed by atoms with E-state index in [0.717, 1.165) is 11.4 Å². The van der Waals surface area contributed by atoms with Gasteiger partial charge in [-0.25, -0.2) is 0 Å². The number of aromatic nitrogens is 1. The fraction of sp³-hybridized carbons (Fsp3) is 0.0833. The van der Waals surface area contributed by atoms with E-state index in [1.165, 1.54) is 6.07 Å². The van der Waals surface area contributed by atoms with Gasteiger partial charge >= 0.3 is 0 Å². The standard InChI is InChI=1S/C12H13N3O2/c1-17-9-4-2-8(3-5-9)14-12-10(13)6-7-11(16)15-12/h2-7H,13H2,1H3,(H2,14,15,16). The first-order valence-corrected chi connectivity index (χ1v) is 5.09. The Hall–Kier alpha value is -2.43. The molecule has 4 N–H and O–H groups in total. The normalized spacial score (nSPS) is 9.94. The summed E-state index contributed by atoms with van der Waals surface area (Å²) >= 11 is 0. The minimum Gasteiger partial charge on any atom is -0.497 e. The van der Waals surface area contributed by atoms with Crippen LogP contribution < -0.4 is 21.3 Å². The van der Waals surface area contributed by atoms with Gasteiger partial charge in [-0.2, -0.15) is 0 Å². The van der Waals surface area contributed by atoms with Gasteiger partial charge in [0.25, 0.3) is 0 Å². The number of nitrogen functional groups attached to an aromatic ring is 1. The Morgan fingerprint density at radius 2 is 1.88 bits per heavy atom. The van der Waals surface area contributed by atoms with Gasteiger partial charge in [0, 0.05) is 11.8 Å². The minimum atomic E-state index is -0.199.